The Morgan fingerprint density at radius 2 is 1.83 bits per heavy atom. The van der Waals surface area contributed by atoms with Gasteiger partial charge >= 0.3 is 0 Å². The number of amides is 1. The second kappa shape index (κ2) is 7.00. The van der Waals surface area contributed by atoms with Crippen LogP contribution in [0.2, 0.25) is 0 Å². The number of ketones is 1. The predicted octanol–water partition coefficient (Wildman–Crippen LogP) is 3.31. The van der Waals surface area contributed by atoms with E-state index in [0.717, 1.165) is 5.56 Å². The Morgan fingerprint density at radius 1 is 1.04 bits per heavy atom. The lowest BCUT2D eigenvalue weighted by molar-refractivity contribution is -0.111. The lowest BCUT2D eigenvalue weighted by Gasteiger charge is -2.18. The van der Waals surface area contributed by atoms with Gasteiger partial charge in [0.1, 0.15) is 13.2 Å². The zero-order valence-corrected chi connectivity index (χ0v) is 13.2. The van der Waals surface area contributed by atoms with Gasteiger partial charge in [0, 0.05) is 17.3 Å². The van der Waals surface area contributed by atoms with E-state index in [-0.39, 0.29) is 11.7 Å². The van der Waals surface area contributed by atoms with Gasteiger partial charge in [0.2, 0.25) is 5.91 Å². The molecule has 1 aliphatic rings. The number of fused-ring (bicyclic) bond motifs is 1. The number of anilines is 1. The molecule has 1 heterocycles. The normalized spacial score (nSPS) is 12.9. The largest absolute Gasteiger partial charge is 0.486 e. The van der Waals surface area contributed by atoms with E-state index in [9.17, 15) is 9.59 Å². The zero-order valence-electron chi connectivity index (χ0n) is 13.2. The third kappa shape index (κ3) is 3.81. The van der Waals surface area contributed by atoms with Crippen LogP contribution in [0.4, 0.5) is 5.69 Å². The summed E-state index contributed by atoms with van der Waals surface area (Å²) in [6.07, 6.45) is 3.13. The number of carbonyl (C=O) groups excluding carboxylic acids is 2. The molecule has 0 aliphatic carbocycles. The molecule has 3 rings (SSSR count). The number of benzene rings is 2. The molecule has 24 heavy (non-hydrogen) atoms. The number of carbonyl (C=O) groups is 2. The summed E-state index contributed by atoms with van der Waals surface area (Å²) < 4.78 is 11.0. The number of Topliss-reactive ketones (excluding diaryl/α,β-unsaturated/α-hetero) is 1. The molecule has 5 heteroatoms. The van der Waals surface area contributed by atoms with E-state index in [2.05, 4.69) is 5.32 Å². The average Bonchev–Trinajstić information content (AvgIpc) is 2.60. The van der Waals surface area contributed by atoms with E-state index in [0.29, 0.717) is 36.0 Å². The Labute approximate surface area is 139 Å². The van der Waals surface area contributed by atoms with Crippen molar-refractivity contribution in [1.29, 1.82) is 0 Å². The van der Waals surface area contributed by atoms with Crippen LogP contribution in [0.1, 0.15) is 22.8 Å². The van der Waals surface area contributed by atoms with Crippen molar-refractivity contribution in [2.24, 2.45) is 0 Å². The number of nitrogens with one attached hydrogen (secondary N) is 1. The van der Waals surface area contributed by atoms with Gasteiger partial charge in [-0.3, -0.25) is 9.59 Å². The van der Waals surface area contributed by atoms with E-state index in [1.54, 1.807) is 30.3 Å². The fraction of sp³-hybridized carbons (Fsp3) is 0.158. The van der Waals surface area contributed by atoms with Crippen molar-refractivity contribution in [1.82, 2.24) is 0 Å². The third-order valence-electron chi connectivity index (χ3n) is 3.53. The van der Waals surface area contributed by atoms with Gasteiger partial charge in [0.05, 0.1) is 0 Å². The number of hydrogen-bond acceptors (Lipinski definition) is 4. The lowest BCUT2D eigenvalue weighted by atomic mass is 10.1. The fourth-order valence-electron chi connectivity index (χ4n) is 2.34. The Morgan fingerprint density at radius 3 is 2.62 bits per heavy atom. The van der Waals surface area contributed by atoms with Crippen molar-refractivity contribution in [2.75, 3.05) is 18.5 Å². The molecule has 1 amide bonds. The summed E-state index contributed by atoms with van der Waals surface area (Å²) in [7, 11) is 0. The van der Waals surface area contributed by atoms with Gasteiger partial charge < -0.3 is 14.8 Å². The van der Waals surface area contributed by atoms with Gasteiger partial charge in [-0.15, -0.1) is 0 Å². The van der Waals surface area contributed by atoms with Crippen molar-refractivity contribution >= 4 is 23.5 Å². The number of hydrogen-bond donors (Lipinski definition) is 1. The van der Waals surface area contributed by atoms with Crippen molar-refractivity contribution in [2.45, 2.75) is 6.92 Å². The smallest absolute Gasteiger partial charge is 0.248 e. The van der Waals surface area contributed by atoms with E-state index >= 15 is 0 Å². The zero-order chi connectivity index (χ0) is 16.9. The Kier molecular flexibility index (Phi) is 4.61. The first kappa shape index (κ1) is 15.8. The number of rotatable bonds is 4. The second-order valence-electron chi connectivity index (χ2n) is 5.36. The van der Waals surface area contributed by atoms with Crippen molar-refractivity contribution in [3.8, 4) is 11.5 Å². The minimum atomic E-state index is -0.273. The molecule has 1 aliphatic heterocycles. The Balaban J connectivity index is 1.67. The maximum atomic E-state index is 12.0. The summed E-state index contributed by atoms with van der Waals surface area (Å²) >= 11 is 0. The van der Waals surface area contributed by atoms with Crippen LogP contribution in [0.3, 0.4) is 0 Å². The van der Waals surface area contributed by atoms with E-state index in [1.165, 1.54) is 13.0 Å². The molecule has 5 nitrogen and oxygen atoms in total. The molecule has 0 bridgehead atoms. The first-order valence-corrected chi connectivity index (χ1v) is 7.61. The second-order valence-corrected chi connectivity index (χ2v) is 5.36. The van der Waals surface area contributed by atoms with Crippen molar-refractivity contribution < 1.29 is 19.1 Å². The molecular formula is C19H17NO4. The van der Waals surface area contributed by atoms with Gasteiger partial charge in [0.15, 0.2) is 17.3 Å². The Hall–Kier alpha value is -3.08. The molecule has 0 radical (unpaired) electrons. The van der Waals surface area contributed by atoms with Crippen LogP contribution in [0.15, 0.2) is 48.5 Å². The van der Waals surface area contributed by atoms with Crippen molar-refractivity contribution in [3.63, 3.8) is 0 Å². The summed E-state index contributed by atoms with van der Waals surface area (Å²) in [4.78, 5) is 23.4. The molecular weight excluding hydrogens is 306 g/mol. The highest BCUT2D eigenvalue weighted by Crippen LogP contribution is 2.31. The van der Waals surface area contributed by atoms with Crippen LogP contribution in [-0.2, 0) is 4.79 Å². The average molecular weight is 323 g/mol. The van der Waals surface area contributed by atoms with Crippen LogP contribution in [0.25, 0.3) is 6.08 Å². The molecule has 0 saturated carbocycles. The van der Waals surface area contributed by atoms with Crippen LogP contribution in [-0.4, -0.2) is 24.9 Å². The molecule has 0 saturated heterocycles. The molecule has 2 aromatic carbocycles. The van der Waals surface area contributed by atoms with Crippen LogP contribution >= 0.6 is 0 Å². The summed E-state index contributed by atoms with van der Waals surface area (Å²) in [6, 6.07) is 12.3. The summed E-state index contributed by atoms with van der Waals surface area (Å²) in [5.74, 6) is 1.07. The van der Waals surface area contributed by atoms with Gasteiger partial charge in [-0.25, -0.2) is 0 Å². The maximum absolute atomic E-state index is 12.0. The predicted molar refractivity (Wildman–Crippen MR) is 91.5 cm³/mol. The highest BCUT2D eigenvalue weighted by molar-refractivity contribution is 6.03. The summed E-state index contributed by atoms with van der Waals surface area (Å²) in [6.45, 7) is 2.56. The highest BCUT2D eigenvalue weighted by atomic mass is 16.6. The van der Waals surface area contributed by atoms with Gasteiger partial charge in [-0.1, -0.05) is 18.2 Å². The molecule has 0 fully saturated rings. The first-order valence-electron chi connectivity index (χ1n) is 7.61. The first-order chi connectivity index (χ1) is 11.6. The summed E-state index contributed by atoms with van der Waals surface area (Å²) in [5.41, 5.74) is 1.98. The maximum Gasteiger partial charge on any atom is 0.248 e. The monoisotopic (exact) mass is 323 g/mol. The van der Waals surface area contributed by atoms with Gasteiger partial charge in [0.25, 0.3) is 0 Å². The molecule has 0 aromatic heterocycles. The summed E-state index contributed by atoms with van der Waals surface area (Å²) in [5, 5.41) is 2.74. The molecule has 0 atom stereocenters. The van der Waals surface area contributed by atoms with Crippen LogP contribution < -0.4 is 14.8 Å². The molecule has 1 N–H and O–H groups in total. The molecule has 0 spiro atoms. The quantitative estimate of drug-likeness (QED) is 0.692. The molecule has 122 valence electrons. The van der Waals surface area contributed by atoms with E-state index in [1.807, 2.05) is 18.2 Å². The standard InChI is InChI=1S/C19H17NO4/c1-13(21)15-3-2-4-16(12-15)20-19(22)8-6-14-5-7-17-18(11-14)24-10-9-23-17/h2-8,11-12H,9-10H2,1H3,(H,20,22). The van der Waals surface area contributed by atoms with Crippen LogP contribution in [0, 0.1) is 0 Å². The van der Waals surface area contributed by atoms with Crippen LogP contribution in [0.5, 0.6) is 11.5 Å². The lowest BCUT2D eigenvalue weighted by Crippen LogP contribution is -2.15. The minimum absolute atomic E-state index is 0.0436. The number of ether oxygens (including phenoxy) is 2. The van der Waals surface area contributed by atoms with Crippen molar-refractivity contribution in [3.05, 3.63) is 59.7 Å². The third-order valence-corrected chi connectivity index (χ3v) is 3.53. The Bertz CT molecular complexity index is 811. The van der Waals surface area contributed by atoms with Gasteiger partial charge in [-0.2, -0.15) is 0 Å². The SMILES string of the molecule is CC(=O)c1cccc(NC(=O)C=Cc2ccc3c(c2)OCCO3)c1. The van der Waals surface area contributed by atoms with E-state index in [4.69, 9.17) is 9.47 Å². The molecule has 2 aromatic rings. The fourth-order valence-corrected chi connectivity index (χ4v) is 2.34. The highest BCUT2D eigenvalue weighted by Gasteiger charge is 2.10. The minimum Gasteiger partial charge on any atom is -0.486 e. The van der Waals surface area contributed by atoms with E-state index < -0.39 is 0 Å². The van der Waals surface area contributed by atoms with Gasteiger partial charge in [-0.05, 0) is 42.8 Å². The topological polar surface area (TPSA) is 64.6 Å². The molecule has 0 unspecified atom stereocenters.